The summed E-state index contributed by atoms with van der Waals surface area (Å²) in [6.45, 7) is 3.29. The molecule has 1 unspecified atom stereocenters. The third kappa shape index (κ3) is 3.43. The molecule has 0 bridgehead atoms. The SMILES string of the molecule is Cc1noc(C2CN(C(=O)Cc3ccc(F)cc3F)CCN2C)n1. The molecule has 1 aliphatic heterocycles. The number of halogens is 2. The number of aryl methyl sites for hydroxylation is 1. The molecule has 1 aliphatic rings. The van der Waals surface area contributed by atoms with Crippen molar-refractivity contribution in [2.24, 2.45) is 0 Å². The molecule has 2 aromatic rings. The number of aromatic nitrogens is 2. The summed E-state index contributed by atoms with van der Waals surface area (Å²) in [6, 6.07) is 3.05. The lowest BCUT2D eigenvalue weighted by atomic mass is 10.1. The molecule has 0 aliphatic carbocycles. The Morgan fingerprint density at radius 1 is 1.38 bits per heavy atom. The largest absolute Gasteiger partial charge is 0.339 e. The molecule has 1 atom stereocenters. The second-order valence-corrected chi connectivity index (χ2v) is 5.93. The Labute approximate surface area is 138 Å². The highest BCUT2D eigenvalue weighted by molar-refractivity contribution is 5.79. The topological polar surface area (TPSA) is 62.5 Å². The van der Waals surface area contributed by atoms with Crippen LogP contribution in [-0.2, 0) is 11.2 Å². The fraction of sp³-hybridized carbons (Fsp3) is 0.438. The van der Waals surface area contributed by atoms with E-state index < -0.39 is 11.6 Å². The van der Waals surface area contributed by atoms with Crippen LogP contribution in [-0.4, -0.2) is 52.5 Å². The number of piperazine rings is 1. The molecule has 1 fully saturated rings. The quantitative estimate of drug-likeness (QED) is 0.854. The molecule has 0 N–H and O–H groups in total. The summed E-state index contributed by atoms with van der Waals surface area (Å²) in [4.78, 5) is 20.4. The number of carbonyl (C=O) groups is 1. The number of amides is 1. The number of hydrogen-bond acceptors (Lipinski definition) is 5. The number of nitrogens with zero attached hydrogens (tertiary/aromatic N) is 4. The van der Waals surface area contributed by atoms with Gasteiger partial charge in [0.25, 0.3) is 0 Å². The fourth-order valence-corrected chi connectivity index (χ4v) is 2.76. The van der Waals surface area contributed by atoms with Gasteiger partial charge in [-0.05, 0) is 25.6 Å². The van der Waals surface area contributed by atoms with Gasteiger partial charge in [-0.2, -0.15) is 4.98 Å². The van der Waals surface area contributed by atoms with E-state index in [2.05, 4.69) is 10.1 Å². The Morgan fingerprint density at radius 3 is 2.83 bits per heavy atom. The second-order valence-electron chi connectivity index (χ2n) is 5.93. The third-order valence-corrected chi connectivity index (χ3v) is 4.19. The number of hydrogen-bond donors (Lipinski definition) is 0. The summed E-state index contributed by atoms with van der Waals surface area (Å²) >= 11 is 0. The molecule has 1 saturated heterocycles. The molecule has 0 spiro atoms. The van der Waals surface area contributed by atoms with Gasteiger partial charge in [-0.3, -0.25) is 9.69 Å². The van der Waals surface area contributed by atoms with Crippen LogP contribution in [0, 0.1) is 18.6 Å². The molecule has 1 amide bonds. The van der Waals surface area contributed by atoms with Crippen molar-refractivity contribution < 1.29 is 18.1 Å². The van der Waals surface area contributed by atoms with E-state index in [-0.39, 0.29) is 23.9 Å². The molecule has 6 nitrogen and oxygen atoms in total. The van der Waals surface area contributed by atoms with Crippen molar-refractivity contribution in [2.75, 3.05) is 26.7 Å². The van der Waals surface area contributed by atoms with Crippen LogP contribution in [0.2, 0.25) is 0 Å². The molecule has 8 heteroatoms. The van der Waals surface area contributed by atoms with Gasteiger partial charge in [0.2, 0.25) is 11.8 Å². The number of benzene rings is 1. The van der Waals surface area contributed by atoms with E-state index in [1.165, 1.54) is 6.07 Å². The summed E-state index contributed by atoms with van der Waals surface area (Å²) in [7, 11) is 1.92. The van der Waals surface area contributed by atoms with Gasteiger partial charge < -0.3 is 9.42 Å². The highest BCUT2D eigenvalue weighted by Gasteiger charge is 2.32. The fourth-order valence-electron chi connectivity index (χ4n) is 2.76. The van der Waals surface area contributed by atoms with Crippen LogP contribution in [0.3, 0.4) is 0 Å². The first-order chi connectivity index (χ1) is 11.4. The molecule has 0 saturated carbocycles. The predicted octanol–water partition coefficient (Wildman–Crippen LogP) is 1.71. The van der Waals surface area contributed by atoms with Crippen LogP contribution >= 0.6 is 0 Å². The normalized spacial score (nSPS) is 18.8. The molecule has 2 heterocycles. The lowest BCUT2D eigenvalue weighted by molar-refractivity contribution is -0.133. The number of rotatable bonds is 3. The Bertz CT molecular complexity index is 749. The van der Waals surface area contributed by atoms with Crippen LogP contribution in [0.4, 0.5) is 8.78 Å². The van der Waals surface area contributed by atoms with Gasteiger partial charge in [0.05, 0.1) is 6.42 Å². The van der Waals surface area contributed by atoms with E-state index in [0.717, 1.165) is 12.1 Å². The van der Waals surface area contributed by atoms with Crippen LogP contribution in [0.5, 0.6) is 0 Å². The smallest absolute Gasteiger partial charge is 0.245 e. The van der Waals surface area contributed by atoms with Crippen molar-refractivity contribution in [1.29, 1.82) is 0 Å². The molecule has 0 radical (unpaired) electrons. The third-order valence-electron chi connectivity index (χ3n) is 4.19. The van der Waals surface area contributed by atoms with E-state index in [0.29, 0.717) is 31.3 Å². The minimum atomic E-state index is -0.707. The molecular formula is C16H18F2N4O2. The monoisotopic (exact) mass is 336 g/mol. The standard InChI is InChI=1S/C16H18F2N4O2/c1-10-19-16(24-20-10)14-9-22(6-5-21(14)2)15(23)7-11-3-4-12(17)8-13(11)18/h3-4,8,14H,5-7,9H2,1-2H3. The first-order valence-corrected chi connectivity index (χ1v) is 7.66. The maximum atomic E-state index is 13.7. The van der Waals surface area contributed by atoms with E-state index >= 15 is 0 Å². The summed E-state index contributed by atoms with van der Waals surface area (Å²) in [5.74, 6) is -0.581. The molecule has 3 rings (SSSR count). The molecule has 24 heavy (non-hydrogen) atoms. The van der Waals surface area contributed by atoms with Gasteiger partial charge in [-0.25, -0.2) is 8.78 Å². The van der Waals surface area contributed by atoms with Gasteiger partial charge in [0.15, 0.2) is 5.82 Å². The lowest BCUT2D eigenvalue weighted by Crippen LogP contribution is -2.49. The van der Waals surface area contributed by atoms with Crippen molar-refractivity contribution in [1.82, 2.24) is 19.9 Å². The van der Waals surface area contributed by atoms with E-state index in [1.54, 1.807) is 11.8 Å². The van der Waals surface area contributed by atoms with Gasteiger partial charge in [0.1, 0.15) is 17.7 Å². The molecular weight excluding hydrogens is 318 g/mol. The van der Waals surface area contributed by atoms with Gasteiger partial charge >= 0.3 is 0 Å². The maximum absolute atomic E-state index is 13.7. The summed E-state index contributed by atoms with van der Waals surface area (Å²) in [5, 5.41) is 3.78. The summed E-state index contributed by atoms with van der Waals surface area (Å²) in [5.41, 5.74) is 0.186. The first-order valence-electron chi connectivity index (χ1n) is 7.66. The highest BCUT2D eigenvalue weighted by atomic mass is 19.1. The van der Waals surface area contributed by atoms with Crippen molar-refractivity contribution in [3.63, 3.8) is 0 Å². The minimum absolute atomic E-state index is 0.106. The molecule has 1 aromatic heterocycles. The van der Waals surface area contributed by atoms with Crippen LogP contribution in [0.25, 0.3) is 0 Å². The average molecular weight is 336 g/mol. The Balaban J connectivity index is 1.71. The maximum Gasteiger partial charge on any atom is 0.245 e. The van der Waals surface area contributed by atoms with Crippen LogP contribution < -0.4 is 0 Å². The second kappa shape index (κ2) is 6.64. The first kappa shape index (κ1) is 16.5. The van der Waals surface area contributed by atoms with Crippen LogP contribution in [0.15, 0.2) is 22.7 Å². The van der Waals surface area contributed by atoms with E-state index in [1.807, 2.05) is 11.9 Å². The Hall–Kier alpha value is -2.35. The zero-order chi connectivity index (χ0) is 17.3. The Morgan fingerprint density at radius 2 is 2.17 bits per heavy atom. The number of likely N-dealkylation sites (N-methyl/N-ethyl adjacent to an activating group) is 1. The number of carbonyl (C=O) groups excluding carboxylic acids is 1. The van der Waals surface area contributed by atoms with Crippen molar-refractivity contribution >= 4 is 5.91 Å². The van der Waals surface area contributed by atoms with E-state index in [9.17, 15) is 13.6 Å². The zero-order valence-corrected chi connectivity index (χ0v) is 13.5. The predicted molar refractivity (Wildman–Crippen MR) is 81.0 cm³/mol. The zero-order valence-electron chi connectivity index (χ0n) is 13.5. The average Bonchev–Trinajstić information content (AvgIpc) is 2.96. The summed E-state index contributed by atoms with van der Waals surface area (Å²) in [6.07, 6.45) is -0.106. The van der Waals surface area contributed by atoms with Crippen LogP contribution in [0.1, 0.15) is 23.3 Å². The lowest BCUT2D eigenvalue weighted by Gasteiger charge is -2.37. The Kier molecular flexibility index (Phi) is 4.57. The summed E-state index contributed by atoms with van der Waals surface area (Å²) < 4.78 is 31.9. The highest BCUT2D eigenvalue weighted by Crippen LogP contribution is 2.23. The van der Waals surface area contributed by atoms with Gasteiger partial charge in [-0.15, -0.1) is 0 Å². The molecule has 128 valence electrons. The van der Waals surface area contributed by atoms with Crippen molar-refractivity contribution in [2.45, 2.75) is 19.4 Å². The minimum Gasteiger partial charge on any atom is -0.339 e. The van der Waals surface area contributed by atoms with Crippen molar-refractivity contribution in [3.05, 3.63) is 47.1 Å². The van der Waals surface area contributed by atoms with Crippen molar-refractivity contribution in [3.8, 4) is 0 Å². The van der Waals surface area contributed by atoms with Gasteiger partial charge in [0, 0.05) is 25.7 Å². The van der Waals surface area contributed by atoms with E-state index in [4.69, 9.17) is 4.52 Å². The molecule has 1 aromatic carbocycles. The van der Waals surface area contributed by atoms with Gasteiger partial charge in [-0.1, -0.05) is 11.2 Å².